The molecule has 0 amide bonds. The van der Waals surface area contributed by atoms with E-state index in [1.807, 2.05) is 0 Å². The molecule has 0 saturated carbocycles. The molecule has 1 aromatic rings. The van der Waals surface area contributed by atoms with Gasteiger partial charge in [-0.15, -0.1) is 0 Å². The minimum atomic E-state index is -0.382. The number of carbonyl (C=O) groups is 1. The first-order chi connectivity index (χ1) is 9.20. The van der Waals surface area contributed by atoms with Crippen LogP contribution in [0.15, 0.2) is 18.2 Å². The Hall–Kier alpha value is -1.75. The summed E-state index contributed by atoms with van der Waals surface area (Å²) in [5.41, 5.74) is 7.46. The van der Waals surface area contributed by atoms with Gasteiger partial charge in [0.05, 0.1) is 18.8 Å². The number of anilines is 2. The van der Waals surface area contributed by atoms with Crippen LogP contribution < -0.4 is 11.1 Å². The lowest BCUT2D eigenvalue weighted by atomic mass is 10.1. The van der Waals surface area contributed by atoms with Gasteiger partial charge in [0.2, 0.25) is 0 Å². The van der Waals surface area contributed by atoms with Crippen LogP contribution in [0.2, 0.25) is 0 Å². The Morgan fingerprint density at radius 1 is 1.58 bits per heavy atom. The molecule has 0 radical (unpaired) electrons. The first kappa shape index (κ1) is 13.7. The molecular formula is C14H20N2O3. The second-order valence-corrected chi connectivity index (χ2v) is 4.65. The summed E-state index contributed by atoms with van der Waals surface area (Å²) in [6.07, 6.45) is 3.53. The summed E-state index contributed by atoms with van der Waals surface area (Å²) in [5.74, 6) is -0.382. The lowest BCUT2D eigenvalue weighted by molar-refractivity contribution is 0.0602. The van der Waals surface area contributed by atoms with Gasteiger partial charge < -0.3 is 20.5 Å². The molecule has 1 saturated heterocycles. The normalized spacial score (nSPS) is 18.3. The zero-order chi connectivity index (χ0) is 13.7. The minimum absolute atomic E-state index is 0.336. The summed E-state index contributed by atoms with van der Waals surface area (Å²) < 4.78 is 10.3. The molecule has 19 heavy (non-hydrogen) atoms. The van der Waals surface area contributed by atoms with Crippen LogP contribution in [0.4, 0.5) is 11.4 Å². The van der Waals surface area contributed by atoms with Gasteiger partial charge in [0.15, 0.2) is 0 Å². The second kappa shape index (κ2) is 6.43. The van der Waals surface area contributed by atoms with E-state index in [0.29, 0.717) is 17.4 Å². The molecule has 0 aliphatic carbocycles. The number of hydrogen-bond donors (Lipinski definition) is 2. The number of nitrogen functional groups attached to an aromatic ring is 1. The standard InChI is InChI=1S/C14H20N2O3/c1-18-14(17)12-9-10(15)4-5-13(12)16-7-6-11-3-2-8-19-11/h4-5,9,11,16H,2-3,6-8,15H2,1H3. The van der Waals surface area contributed by atoms with Gasteiger partial charge in [-0.25, -0.2) is 4.79 Å². The third-order valence-corrected chi connectivity index (χ3v) is 3.25. The number of rotatable bonds is 5. The first-order valence-corrected chi connectivity index (χ1v) is 6.54. The van der Waals surface area contributed by atoms with Crippen LogP contribution in [-0.2, 0) is 9.47 Å². The number of ether oxygens (including phenoxy) is 2. The molecule has 1 aliphatic heterocycles. The summed E-state index contributed by atoms with van der Waals surface area (Å²) in [4.78, 5) is 11.7. The Labute approximate surface area is 113 Å². The highest BCUT2D eigenvalue weighted by Gasteiger charge is 2.16. The summed E-state index contributed by atoms with van der Waals surface area (Å²) in [6, 6.07) is 5.19. The number of nitrogens with two attached hydrogens (primary N) is 1. The molecule has 1 heterocycles. The van der Waals surface area contributed by atoms with Gasteiger partial charge in [0.1, 0.15) is 0 Å². The number of methoxy groups -OCH3 is 1. The van der Waals surface area contributed by atoms with E-state index in [-0.39, 0.29) is 5.97 Å². The molecule has 1 aromatic carbocycles. The molecular weight excluding hydrogens is 244 g/mol. The van der Waals surface area contributed by atoms with Gasteiger partial charge in [-0.3, -0.25) is 0 Å². The van der Waals surface area contributed by atoms with Crippen molar-refractivity contribution in [1.82, 2.24) is 0 Å². The molecule has 104 valence electrons. The molecule has 5 nitrogen and oxygen atoms in total. The van der Waals surface area contributed by atoms with Crippen LogP contribution in [-0.4, -0.2) is 32.3 Å². The van der Waals surface area contributed by atoms with E-state index in [4.69, 9.17) is 15.2 Å². The van der Waals surface area contributed by atoms with Crippen LogP contribution in [0.1, 0.15) is 29.6 Å². The highest BCUT2D eigenvalue weighted by Crippen LogP contribution is 2.21. The topological polar surface area (TPSA) is 73.6 Å². The van der Waals surface area contributed by atoms with Crippen LogP contribution >= 0.6 is 0 Å². The van der Waals surface area contributed by atoms with Gasteiger partial charge in [-0.1, -0.05) is 0 Å². The summed E-state index contributed by atoms with van der Waals surface area (Å²) in [6.45, 7) is 1.62. The van der Waals surface area contributed by atoms with Crippen molar-refractivity contribution in [3.8, 4) is 0 Å². The average Bonchev–Trinajstić information content (AvgIpc) is 2.92. The Bertz CT molecular complexity index is 442. The Morgan fingerprint density at radius 3 is 3.11 bits per heavy atom. The van der Waals surface area contributed by atoms with Crippen molar-refractivity contribution in [2.45, 2.75) is 25.4 Å². The van der Waals surface area contributed by atoms with Crippen LogP contribution in [0.3, 0.4) is 0 Å². The summed E-state index contributed by atoms with van der Waals surface area (Å²) >= 11 is 0. The van der Waals surface area contributed by atoms with Gasteiger partial charge in [0.25, 0.3) is 0 Å². The lowest BCUT2D eigenvalue weighted by Gasteiger charge is -2.13. The highest BCUT2D eigenvalue weighted by molar-refractivity contribution is 5.96. The fraction of sp³-hybridized carbons (Fsp3) is 0.500. The molecule has 1 aliphatic rings. The van der Waals surface area contributed by atoms with Crippen molar-refractivity contribution < 1.29 is 14.3 Å². The molecule has 0 aromatic heterocycles. The molecule has 3 N–H and O–H groups in total. The Morgan fingerprint density at radius 2 is 2.42 bits per heavy atom. The van der Waals surface area contributed by atoms with Crippen LogP contribution in [0.25, 0.3) is 0 Å². The predicted octanol–water partition coefficient (Wildman–Crippen LogP) is 2.04. The fourth-order valence-corrected chi connectivity index (χ4v) is 2.23. The van der Waals surface area contributed by atoms with E-state index in [1.54, 1.807) is 18.2 Å². The average molecular weight is 264 g/mol. The number of hydrogen-bond acceptors (Lipinski definition) is 5. The van der Waals surface area contributed by atoms with E-state index in [0.717, 1.165) is 38.1 Å². The Balaban J connectivity index is 1.96. The molecule has 0 bridgehead atoms. The van der Waals surface area contributed by atoms with Gasteiger partial charge in [-0.2, -0.15) is 0 Å². The largest absolute Gasteiger partial charge is 0.465 e. The van der Waals surface area contributed by atoms with Gasteiger partial charge in [-0.05, 0) is 37.5 Å². The van der Waals surface area contributed by atoms with E-state index in [9.17, 15) is 4.79 Å². The van der Waals surface area contributed by atoms with Crippen molar-refractivity contribution in [3.05, 3.63) is 23.8 Å². The maximum absolute atomic E-state index is 11.7. The van der Waals surface area contributed by atoms with E-state index in [1.165, 1.54) is 7.11 Å². The number of esters is 1. The molecule has 1 fully saturated rings. The first-order valence-electron chi connectivity index (χ1n) is 6.54. The fourth-order valence-electron chi connectivity index (χ4n) is 2.23. The SMILES string of the molecule is COC(=O)c1cc(N)ccc1NCCC1CCCO1. The van der Waals surface area contributed by atoms with Crippen molar-refractivity contribution in [3.63, 3.8) is 0 Å². The maximum atomic E-state index is 11.7. The smallest absolute Gasteiger partial charge is 0.340 e. The van der Waals surface area contributed by atoms with Crippen molar-refractivity contribution >= 4 is 17.3 Å². The van der Waals surface area contributed by atoms with Crippen LogP contribution in [0.5, 0.6) is 0 Å². The summed E-state index contributed by atoms with van der Waals surface area (Å²) in [5, 5.41) is 3.25. The van der Waals surface area contributed by atoms with E-state index in [2.05, 4.69) is 5.32 Å². The van der Waals surface area contributed by atoms with Gasteiger partial charge >= 0.3 is 5.97 Å². The van der Waals surface area contributed by atoms with E-state index >= 15 is 0 Å². The minimum Gasteiger partial charge on any atom is -0.465 e. The van der Waals surface area contributed by atoms with Crippen molar-refractivity contribution in [1.29, 1.82) is 0 Å². The zero-order valence-electron chi connectivity index (χ0n) is 11.1. The predicted molar refractivity (Wildman–Crippen MR) is 74.3 cm³/mol. The molecule has 1 unspecified atom stereocenters. The van der Waals surface area contributed by atoms with Crippen LogP contribution in [0, 0.1) is 0 Å². The molecule has 2 rings (SSSR count). The summed E-state index contributed by atoms with van der Waals surface area (Å²) in [7, 11) is 1.36. The lowest BCUT2D eigenvalue weighted by Crippen LogP contribution is -2.14. The zero-order valence-corrected chi connectivity index (χ0v) is 11.1. The second-order valence-electron chi connectivity index (χ2n) is 4.65. The molecule has 1 atom stereocenters. The maximum Gasteiger partial charge on any atom is 0.340 e. The highest BCUT2D eigenvalue weighted by atomic mass is 16.5. The quantitative estimate of drug-likeness (QED) is 0.629. The number of nitrogens with one attached hydrogen (secondary N) is 1. The van der Waals surface area contributed by atoms with Gasteiger partial charge in [0, 0.05) is 24.5 Å². The third kappa shape index (κ3) is 3.61. The van der Waals surface area contributed by atoms with E-state index < -0.39 is 0 Å². The third-order valence-electron chi connectivity index (χ3n) is 3.25. The van der Waals surface area contributed by atoms with Crippen molar-refractivity contribution in [2.24, 2.45) is 0 Å². The molecule has 5 heteroatoms. The number of carbonyl (C=O) groups excluding carboxylic acids is 1. The Kier molecular flexibility index (Phi) is 4.63. The molecule has 0 spiro atoms. The number of benzene rings is 1. The monoisotopic (exact) mass is 264 g/mol. The van der Waals surface area contributed by atoms with Crippen molar-refractivity contribution in [2.75, 3.05) is 31.3 Å².